The van der Waals surface area contributed by atoms with E-state index in [-0.39, 0.29) is 17.9 Å². The van der Waals surface area contributed by atoms with Gasteiger partial charge in [-0.05, 0) is 18.1 Å². The molecule has 23 heavy (non-hydrogen) atoms. The Balaban J connectivity index is 1.85. The minimum Gasteiger partial charge on any atom is -0.466 e. The summed E-state index contributed by atoms with van der Waals surface area (Å²) in [4.78, 5) is 31.0. The molecular formula is C17H15N3O3. The molecule has 4 rings (SSSR count). The number of aromatic nitrogens is 3. The van der Waals surface area contributed by atoms with E-state index in [1.807, 2.05) is 22.6 Å². The molecule has 0 unspecified atom stereocenters. The summed E-state index contributed by atoms with van der Waals surface area (Å²) in [5.74, 6) is -0.238. The zero-order valence-electron chi connectivity index (χ0n) is 12.6. The number of aromatic amines is 1. The molecule has 1 aliphatic rings. The first kappa shape index (κ1) is 13.8. The SMILES string of the molecule is CCOC(=O)Cc1cccc2c1Cc1c-2[nH]c(=O)c2nccn12. The maximum Gasteiger partial charge on any atom is 0.310 e. The van der Waals surface area contributed by atoms with Gasteiger partial charge in [-0.3, -0.25) is 14.0 Å². The van der Waals surface area contributed by atoms with Crippen LogP contribution in [0.5, 0.6) is 0 Å². The first-order chi connectivity index (χ1) is 11.2. The van der Waals surface area contributed by atoms with Crippen molar-refractivity contribution in [3.05, 3.63) is 57.8 Å². The van der Waals surface area contributed by atoms with E-state index in [2.05, 4.69) is 9.97 Å². The molecule has 6 nitrogen and oxygen atoms in total. The molecule has 3 aromatic rings. The van der Waals surface area contributed by atoms with Gasteiger partial charge in [0.15, 0.2) is 0 Å². The summed E-state index contributed by atoms with van der Waals surface area (Å²) in [5.41, 5.74) is 4.94. The lowest BCUT2D eigenvalue weighted by Gasteiger charge is -2.07. The molecule has 1 aromatic carbocycles. The Kier molecular flexibility index (Phi) is 3.04. The van der Waals surface area contributed by atoms with Crippen LogP contribution in [0.3, 0.4) is 0 Å². The van der Waals surface area contributed by atoms with Gasteiger partial charge in [0.2, 0.25) is 5.65 Å². The number of benzene rings is 1. The molecular weight excluding hydrogens is 294 g/mol. The number of carbonyl (C=O) groups is 1. The molecule has 116 valence electrons. The van der Waals surface area contributed by atoms with E-state index in [0.717, 1.165) is 28.1 Å². The molecule has 1 aliphatic carbocycles. The molecule has 0 bridgehead atoms. The minimum atomic E-state index is -0.238. The van der Waals surface area contributed by atoms with E-state index in [4.69, 9.17) is 4.74 Å². The fourth-order valence-corrected chi connectivity index (χ4v) is 3.23. The molecule has 0 saturated heterocycles. The third kappa shape index (κ3) is 2.06. The molecule has 0 spiro atoms. The van der Waals surface area contributed by atoms with E-state index < -0.39 is 0 Å². The van der Waals surface area contributed by atoms with Crippen LogP contribution >= 0.6 is 0 Å². The number of imidazole rings is 1. The Morgan fingerprint density at radius 3 is 3.13 bits per heavy atom. The second-order valence-electron chi connectivity index (χ2n) is 5.50. The van der Waals surface area contributed by atoms with Crippen molar-refractivity contribution in [2.45, 2.75) is 19.8 Å². The lowest BCUT2D eigenvalue weighted by Crippen LogP contribution is -2.13. The number of esters is 1. The molecule has 6 heteroatoms. The van der Waals surface area contributed by atoms with Gasteiger partial charge in [0.05, 0.1) is 24.4 Å². The van der Waals surface area contributed by atoms with Crippen molar-refractivity contribution in [2.24, 2.45) is 0 Å². The van der Waals surface area contributed by atoms with Crippen molar-refractivity contribution in [3.8, 4) is 11.3 Å². The number of nitrogens with zero attached hydrogens (tertiary/aromatic N) is 2. The fourth-order valence-electron chi connectivity index (χ4n) is 3.23. The Labute approximate surface area is 131 Å². The molecule has 0 fully saturated rings. The van der Waals surface area contributed by atoms with Crippen LogP contribution in [0.2, 0.25) is 0 Å². The maximum absolute atomic E-state index is 12.1. The Morgan fingerprint density at radius 1 is 1.43 bits per heavy atom. The third-order valence-electron chi connectivity index (χ3n) is 4.19. The van der Waals surface area contributed by atoms with Crippen molar-refractivity contribution < 1.29 is 9.53 Å². The van der Waals surface area contributed by atoms with Gasteiger partial charge in [0.25, 0.3) is 5.56 Å². The van der Waals surface area contributed by atoms with E-state index in [0.29, 0.717) is 18.7 Å². The van der Waals surface area contributed by atoms with Gasteiger partial charge in [-0.2, -0.15) is 0 Å². The van der Waals surface area contributed by atoms with Crippen LogP contribution < -0.4 is 5.56 Å². The van der Waals surface area contributed by atoms with E-state index in [1.54, 1.807) is 19.3 Å². The lowest BCUT2D eigenvalue weighted by atomic mass is 10.0. The molecule has 2 heterocycles. The van der Waals surface area contributed by atoms with Crippen molar-refractivity contribution in [1.29, 1.82) is 0 Å². The largest absolute Gasteiger partial charge is 0.466 e. The van der Waals surface area contributed by atoms with Gasteiger partial charge >= 0.3 is 5.97 Å². The predicted octanol–water partition coefficient (Wildman–Crippen LogP) is 1.70. The van der Waals surface area contributed by atoms with Crippen LogP contribution in [0, 0.1) is 0 Å². The molecule has 0 amide bonds. The van der Waals surface area contributed by atoms with E-state index in [1.165, 1.54) is 0 Å². The lowest BCUT2D eigenvalue weighted by molar-refractivity contribution is -0.142. The smallest absolute Gasteiger partial charge is 0.310 e. The highest BCUT2D eigenvalue weighted by Crippen LogP contribution is 2.36. The monoisotopic (exact) mass is 309 g/mol. The number of rotatable bonds is 3. The summed E-state index contributed by atoms with van der Waals surface area (Å²) in [5, 5.41) is 0. The Hall–Kier alpha value is -2.89. The zero-order chi connectivity index (χ0) is 16.0. The number of nitrogens with one attached hydrogen (secondary N) is 1. The van der Waals surface area contributed by atoms with Crippen LogP contribution in [0.4, 0.5) is 0 Å². The summed E-state index contributed by atoms with van der Waals surface area (Å²) < 4.78 is 6.87. The predicted molar refractivity (Wildman–Crippen MR) is 84.4 cm³/mol. The molecule has 0 radical (unpaired) electrons. The number of fused-ring (bicyclic) bond motifs is 5. The highest BCUT2D eigenvalue weighted by atomic mass is 16.5. The molecule has 2 aromatic heterocycles. The Morgan fingerprint density at radius 2 is 2.30 bits per heavy atom. The van der Waals surface area contributed by atoms with Gasteiger partial charge in [-0.25, -0.2) is 4.98 Å². The first-order valence-electron chi connectivity index (χ1n) is 7.54. The average Bonchev–Trinajstić information content (AvgIpc) is 3.13. The van der Waals surface area contributed by atoms with Crippen LogP contribution in [-0.4, -0.2) is 26.9 Å². The van der Waals surface area contributed by atoms with Crippen LogP contribution in [-0.2, 0) is 22.4 Å². The highest BCUT2D eigenvalue weighted by Gasteiger charge is 2.25. The summed E-state index contributed by atoms with van der Waals surface area (Å²) >= 11 is 0. The molecule has 0 saturated carbocycles. The number of hydrogen-bond acceptors (Lipinski definition) is 4. The summed E-state index contributed by atoms with van der Waals surface area (Å²) in [6.45, 7) is 2.17. The number of ether oxygens (including phenoxy) is 1. The van der Waals surface area contributed by atoms with Gasteiger partial charge < -0.3 is 9.72 Å². The number of hydrogen-bond donors (Lipinski definition) is 1. The fraction of sp³-hybridized carbons (Fsp3) is 0.235. The molecule has 0 atom stereocenters. The van der Waals surface area contributed by atoms with E-state index in [9.17, 15) is 9.59 Å². The number of H-pyrrole nitrogens is 1. The standard InChI is InChI=1S/C17H15N3O3/c1-2-23-14(21)8-10-4-3-5-11-12(10)9-13-15(11)19-17(22)16-18-6-7-20(13)16/h3-7H,2,8-9H2,1H3,(H,19,22). The van der Waals surface area contributed by atoms with Gasteiger partial charge in [0, 0.05) is 24.4 Å². The van der Waals surface area contributed by atoms with Gasteiger partial charge in [-0.15, -0.1) is 0 Å². The van der Waals surface area contributed by atoms with E-state index >= 15 is 0 Å². The van der Waals surface area contributed by atoms with Crippen LogP contribution in [0.15, 0.2) is 35.4 Å². The zero-order valence-corrected chi connectivity index (χ0v) is 12.6. The quantitative estimate of drug-likeness (QED) is 0.584. The van der Waals surface area contributed by atoms with Crippen molar-refractivity contribution in [3.63, 3.8) is 0 Å². The molecule has 1 N–H and O–H groups in total. The molecule has 0 aliphatic heterocycles. The third-order valence-corrected chi connectivity index (χ3v) is 4.19. The maximum atomic E-state index is 12.1. The van der Waals surface area contributed by atoms with Crippen molar-refractivity contribution in [1.82, 2.24) is 14.4 Å². The van der Waals surface area contributed by atoms with Crippen LogP contribution in [0.25, 0.3) is 16.9 Å². The second-order valence-corrected chi connectivity index (χ2v) is 5.50. The normalized spacial score (nSPS) is 12.2. The Bertz CT molecular complexity index is 984. The summed E-state index contributed by atoms with van der Waals surface area (Å²) in [6.07, 6.45) is 4.31. The summed E-state index contributed by atoms with van der Waals surface area (Å²) in [7, 11) is 0. The van der Waals surface area contributed by atoms with Gasteiger partial charge in [-0.1, -0.05) is 18.2 Å². The van der Waals surface area contributed by atoms with Gasteiger partial charge in [0.1, 0.15) is 0 Å². The topological polar surface area (TPSA) is 76.5 Å². The van der Waals surface area contributed by atoms with Crippen LogP contribution in [0.1, 0.15) is 23.7 Å². The minimum absolute atomic E-state index is 0.211. The number of carbonyl (C=O) groups excluding carboxylic acids is 1. The summed E-state index contributed by atoms with van der Waals surface area (Å²) in [6, 6.07) is 5.80. The van der Waals surface area contributed by atoms with Crippen molar-refractivity contribution >= 4 is 11.6 Å². The average molecular weight is 309 g/mol. The second kappa shape index (κ2) is 5.08. The first-order valence-corrected chi connectivity index (χ1v) is 7.54. The van der Waals surface area contributed by atoms with Crippen molar-refractivity contribution in [2.75, 3.05) is 6.61 Å². The highest BCUT2D eigenvalue weighted by molar-refractivity contribution is 5.79.